The molecule has 4 nitrogen and oxygen atoms in total. The van der Waals surface area contributed by atoms with Crippen LogP contribution in [0.1, 0.15) is 25.6 Å². The Bertz CT molecular complexity index is 577. The monoisotopic (exact) mass is 282 g/mol. The Balaban J connectivity index is 1.86. The van der Waals surface area contributed by atoms with Crippen molar-refractivity contribution in [3.8, 4) is 11.3 Å². The van der Waals surface area contributed by atoms with E-state index in [9.17, 15) is 0 Å². The summed E-state index contributed by atoms with van der Waals surface area (Å²) in [6.45, 7) is 4.25. The van der Waals surface area contributed by atoms with Crippen molar-refractivity contribution in [2.45, 2.75) is 32.2 Å². The number of hydrogen-bond donors (Lipinski definition) is 2. The number of nitrogens with zero attached hydrogens (tertiary/aromatic N) is 2. The molecule has 0 aliphatic carbocycles. The van der Waals surface area contributed by atoms with Crippen molar-refractivity contribution in [3.63, 3.8) is 0 Å². The van der Waals surface area contributed by atoms with Gasteiger partial charge in [-0.1, -0.05) is 37.3 Å². The molecule has 2 heterocycles. The smallest absolute Gasteiger partial charge is 0.131 e. The SMILES string of the molecule is CCc1nc(NC2CCNCC2)cc(-c2ccccc2)n1. The van der Waals surface area contributed by atoms with Gasteiger partial charge in [0.25, 0.3) is 0 Å². The average Bonchev–Trinajstić information content (AvgIpc) is 2.56. The molecule has 0 saturated carbocycles. The van der Waals surface area contributed by atoms with Crippen molar-refractivity contribution < 1.29 is 0 Å². The Morgan fingerprint density at radius 1 is 1.14 bits per heavy atom. The van der Waals surface area contributed by atoms with Gasteiger partial charge in [0.2, 0.25) is 0 Å². The van der Waals surface area contributed by atoms with Crippen molar-refractivity contribution in [2.75, 3.05) is 18.4 Å². The zero-order chi connectivity index (χ0) is 14.5. The van der Waals surface area contributed by atoms with Crippen LogP contribution < -0.4 is 10.6 Å². The number of rotatable bonds is 4. The van der Waals surface area contributed by atoms with E-state index in [2.05, 4.69) is 45.7 Å². The molecule has 0 atom stereocenters. The van der Waals surface area contributed by atoms with Crippen LogP contribution in [0.15, 0.2) is 36.4 Å². The van der Waals surface area contributed by atoms with Crippen LogP contribution >= 0.6 is 0 Å². The molecule has 2 N–H and O–H groups in total. The molecule has 0 radical (unpaired) electrons. The number of aromatic nitrogens is 2. The van der Waals surface area contributed by atoms with Crippen molar-refractivity contribution in [1.29, 1.82) is 0 Å². The first-order valence-corrected chi connectivity index (χ1v) is 7.76. The number of piperidine rings is 1. The minimum Gasteiger partial charge on any atom is -0.367 e. The van der Waals surface area contributed by atoms with Gasteiger partial charge >= 0.3 is 0 Å². The highest BCUT2D eigenvalue weighted by molar-refractivity contribution is 5.62. The van der Waals surface area contributed by atoms with Gasteiger partial charge < -0.3 is 10.6 Å². The average molecular weight is 282 g/mol. The van der Waals surface area contributed by atoms with Gasteiger partial charge in [0.05, 0.1) is 5.69 Å². The quantitative estimate of drug-likeness (QED) is 0.905. The molecule has 0 unspecified atom stereocenters. The molecule has 1 aliphatic rings. The van der Waals surface area contributed by atoms with E-state index >= 15 is 0 Å². The number of nitrogens with one attached hydrogen (secondary N) is 2. The van der Waals surface area contributed by atoms with Crippen molar-refractivity contribution in [2.24, 2.45) is 0 Å². The van der Waals surface area contributed by atoms with Gasteiger partial charge in [-0.15, -0.1) is 0 Å². The molecule has 3 rings (SSSR count). The molecule has 1 saturated heterocycles. The summed E-state index contributed by atoms with van der Waals surface area (Å²) in [7, 11) is 0. The Labute approximate surface area is 126 Å². The number of benzene rings is 1. The minimum absolute atomic E-state index is 0.509. The maximum absolute atomic E-state index is 4.65. The largest absolute Gasteiger partial charge is 0.367 e. The normalized spacial score (nSPS) is 15.9. The fourth-order valence-corrected chi connectivity index (χ4v) is 2.66. The molecule has 4 heteroatoms. The summed E-state index contributed by atoms with van der Waals surface area (Å²) in [5, 5.41) is 6.96. The standard InChI is InChI=1S/C17H22N4/c1-2-16-20-15(13-6-4-3-5-7-13)12-17(21-16)19-14-8-10-18-11-9-14/h3-7,12,14,18H,2,8-11H2,1H3,(H,19,20,21). The lowest BCUT2D eigenvalue weighted by molar-refractivity contribution is 0.478. The summed E-state index contributed by atoms with van der Waals surface area (Å²) >= 11 is 0. The topological polar surface area (TPSA) is 49.8 Å². The molecule has 1 aromatic heterocycles. The molecule has 1 fully saturated rings. The van der Waals surface area contributed by atoms with Gasteiger partial charge in [-0.05, 0) is 25.9 Å². The Morgan fingerprint density at radius 3 is 2.62 bits per heavy atom. The first kappa shape index (κ1) is 14.0. The van der Waals surface area contributed by atoms with E-state index in [-0.39, 0.29) is 0 Å². The molecule has 0 amide bonds. The highest BCUT2D eigenvalue weighted by Gasteiger charge is 2.14. The molecule has 110 valence electrons. The van der Waals surface area contributed by atoms with Gasteiger partial charge in [-0.2, -0.15) is 0 Å². The van der Waals surface area contributed by atoms with E-state index in [4.69, 9.17) is 0 Å². The third kappa shape index (κ3) is 3.58. The van der Waals surface area contributed by atoms with Crippen LogP contribution in [0.25, 0.3) is 11.3 Å². The highest BCUT2D eigenvalue weighted by atomic mass is 15.1. The predicted octanol–water partition coefficient (Wildman–Crippen LogP) is 2.87. The molecular formula is C17H22N4. The number of anilines is 1. The van der Waals surface area contributed by atoms with E-state index in [0.717, 1.165) is 55.3 Å². The summed E-state index contributed by atoms with van der Waals surface area (Å²) in [6.07, 6.45) is 3.14. The third-order valence-corrected chi connectivity index (χ3v) is 3.85. The summed E-state index contributed by atoms with van der Waals surface area (Å²) in [5.41, 5.74) is 2.14. The Kier molecular flexibility index (Phi) is 4.46. The summed E-state index contributed by atoms with van der Waals surface area (Å²) in [5.74, 6) is 1.85. The maximum atomic E-state index is 4.65. The second-order valence-electron chi connectivity index (χ2n) is 5.44. The van der Waals surface area contributed by atoms with Gasteiger partial charge in [-0.25, -0.2) is 9.97 Å². The lowest BCUT2D eigenvalue weighted by atomic mass is 10.1. The lowest BCUT2D eigenvalue weighted by Gasteiger charge is -2.24. The number of hydrogen-bond acceptors (Lipinski definition) is 4. The van der Waals surface area contributed by atoms with Crippen LogP contribution in [0.5, 0.6) is 0 Å². The van der Waals surface area contributed by atoms with Gasteiger partial charge in [0.15, 0.2) is 0 Å². The van der Waals surface area contributed by atoms with Crippen LogP contribution in [-0.2, 0) is 6.42 Å². The fraction of sp³-hybridized carbons (Fsp3) is 0.412. The van der Waals surface area contributed by atoms with Crippen LogP contribution in [0, 0.1) is 0 Å². The van der Waals surface area contributed by atoms with E-state index < -0.39 is 0 Å². The zero-order valence-corrected chi connectivity index (χ0v) is 12.5. The molecule has 0 spiro atoms. The van der Waals surface area contributed by atoms with E-state index in [1.807, 2.05) is 18.2 Å². The molecule has 1 aromatic carbocycles. The fourth-order valence-electron chi connectivity index (χ4n) is 2.66. The Morgan fingerprint density at radius 2 is 1.90 bits per heavy atom. The maximum Gasteiger partial charge on any atom is 0.131 e. The van der Waals surface area contributed by atoms with Crippen LogP contribution in [0.2, 0.25) is 0 Å². The Hall–Kier alpha value is -1.94. The van der Waals surface area contributed by atoms with Gasteiger partial charge in [-0.3, -0.25) is 0 Å². The second kappa shape index (κ2) is 6.68. The predicted molar refractivity (Wildman–Crippen MR) is 86.4 cm³/mol. The van der Waals surface area contributed by atoms with Gasteiger partial charge in [0, 0.05) is 24.1 Å². The summed E-state index contributed by atoms with van der Waals surface area (Å²) in [4.78, 5) is 9.28. The van der Waals surface area contributed by atoms with Crippen molar-refractivity contribution >= 4 is 5.82 Å². The molecule has 0 bridgehead atoms. The molecular weight excluding hydrogens is 260 g/mol. The molecule has 21 heavy (non-hydrogen) atoms. The van der Waals surface area contributed by atoms with E-state index in [0.29, 0.717) is 6.04 Å². The van der Waals surface area contributed by atoms with Crippen molar-refractivity contribution in [3.05, 3.63) is 42.2 Å². The highest BCUT2D eigenvalue weighted by Crippen LogP contribution is 2.21. The zero-order valence-electron chi connectivity index (χ0n) is 12.5. The van der Waals surface area contributed by atoms with Gasteiger partial charge in [0.1, 0.15) is 11.6 Å². The van der Waals surface area contributed by atoms with Crippen LogP contribution in [-0.4, -0.2) is 29.1 Å². The first-order valence-electron chi connectivity index (χ1n) is 7.76. The minimum atomic E-state index is 0.509. The van der Waals surface area contributed by atoms with E-state index in [1.165, 1.54) is 0 Å². The second-order valence-corrected chi connectivity index (χ2v) is 5.44. The summed E-state index contributed by atoms with van der Waals surface area (Å²) < 4.78 is 0. The summed E-state index contributed by atoms with van der Waals surface area (Å²) in [6, 6.07) is 12.9. The van der Waals surface area contributed by atoms with Crippen molar-refractivity contribution in [1.82, 2.24) is 15.3 Å². The molecule has 1 aliphatic heterocycles. The molecule has 2 aromatic rings. The third-order valence-electron chi connectivity index (χ3n) is 3.85. The van der Waals surface area contributed by atoms with Crippen LogP contribution in [0.3, 0.4) is 0 Å². The van der Waals surface area contributed by atoms with E-state index in [1.54, 1.807) is 0 Å². The first-order chi connectivity index (χ1) is 10.3. The number of aryl methyl sites for hydroxylation is 1. The van der Waals surface area contributed by atoms with Crippen LogP contribution in [0.4, 0.5) is 5.82 Å². The lowest BCUT2D eigenvalue weighted by Crippen LogP contribution is -2.35.